The molecule has 2 rings (SSSR count). The molecule has 0 atom stereocenters. The van der Waals surface area contributed by atoms with E-state index in [-0.39, 0.29) is 5.91 Å². The van der Waals surface area contributed by atoms with Gasteiger partial charge in [0, 0.05) is 12.1 Å². The van der Waals surface area contributed by atoms with Crippen molar-refractivity contribution in [1.82, 2.24) is 0 Å². The highest BCUT2D eigenvalue weighted by Gasteiger charge is 2.05. The highest BCUT2D eigenvalue weighted by Crippen LogP contribution is 2.17. The summed E-state index contributed by atoms with van der Waals surface area (Å²) in [6.07, 6.45) is 1.23. The molecule has 2 aromatic rings. The van der Waals surface area contributed by atoms with Crippen molar-refractivity contribution < 1.29 is 9.53 Å². The lowest BCUT2D eigenvalue weighted by Crippen LogP contribution is -2.12. The largest absolute Gasteiger partial charge is 0.494 e. The fourth-order valence-corrected chi connectivity index (χ4v) is 2.35. The summed E-state index contributed by atoms with van der Waals surface area (Å²) in [6, 6.07) is 16.0. The third-order valence-electron chi connectivity index (χ3n) is 3.74. The maximum Gasteiger partial charge on any atom is 0.224 e. The van der Waals surface area contributed by atoms with Crippen molar-refractivity contribution in [3.8, 4) is 5.75 Å². The minimum atomic E-state index is 0.0297. The number of hydrogen-bond acceptors (Lipinski definition) is 2. The van der Waals surface area contributed by atoms with E-state index in [2.05, 4.69) is 43.4 Å². The third-order valence-corrected chi connectivity index (χ3v) is 3.74. The van der Waals surface area contributed by atoms with Gasteiger partial charge in [-0.3, -0.25) is 4.79 Å². The van der Waals surface area contributed by atoms with Gasteiger partial charge in [-0.25, -0.2) is 0 Å². The van der Waals surface area contributed by atoms with E-state index >= 15 is 0 Å². The molecule has 0 fully saturated rings. The average molecular weight is 311 g/mol. The Kier molecular flexibility index (Phi) is 6.21. The minimum absolute atomic E-state index is 0.0297. The number of amides is 1. The molecule has 0 spiro atoms. The molecule has 1 N–H and O–H groups in total. The Labute approximate surface area is 138 Å². The van der Waals surface area contributed by atoms with Gasteiger partial charge in [-0.05, 0) is 54.7 Å². The van der Waals surface area contributed by atoms with Crippen molar-refractivity contribution in [2.75, 3.05) is 11.9 Å². The maximum atomic E-state index is 12.0. The molecular weight excluding hydrogens is 286 g/mol. The van der Waals surface area contributed by atoms with Crippen LogP contribution in [0.2, 0.25) is 0 Å². The third kappa shape index (κ3) is 5.44. The van der Waals surface area contributed by atoms with Crippen LogP contribution in [0.4, 0.5) is 5.69 Å². The first-order valence-electron chi connectivity index (χ1n) is 8.20. The van der Waals surface area contributed by atoms with Crippen molar-refractivity contribution in [3.63, 3.8) is 0 Å². The van der Waals surface area contributed by atoms with Crippen LogP contribution in [0.25, 0.3) is 0 Å². The molecule has 0 aliphatic carbocycles. The van der Waals surface area contributed by atoms with Crippen molar-refractivity contribution in [2.45, 2.75) is 39.5 Å². The molecule has 3 nitrogen and oxygen atoms in total. The molecule has 1 amide bonds. The van der Waals surface area contributed by atoms with Crippen molar-refractivity contribution in [2.24, 2.45) is 0 Å². The maximum absolute atomic E-state index is 12.0. The van der Waals surface area contributed by atoms with E-state index in [0.717, 1.165) is 17.9 Å². The molecule has 23 heavy (non-hydrogen) atoms. The monoisotopic (exact) mass is 311 g/mol. The summed E-state index contributed by atoms with van der Waals surface area (Å²) < 4.78 is 5.38. The van der Waals surface area contributed by atoms with Crippen LogP contribution in [0.3, 0.4) is 0 Å². The number of carbonyl (C=O) groups excluding carboxylic acids is 1. The number of rotatable bonds is 7. The number of anilines is 1. The van der Waals surface area contributed by atoms with Crippen LogP contribution < -0.4 is 10.1 Å². The van der Waals surface area contributed by atoms with E-state index in [1.807, 2.05) is 31.2 Å². The molecule has 122 valence electrons. The highest BCUT2D eigenvalue weighted by atomic mass is 16.5. The molecule has 0 radical (unpaired) electrons. The van der Waals surface area contributed by atoms with Crippen LogP contribution in [0.15, 0.2) is 48.5 Å². The minimum Gasteiger partial charge on any atom is -0.494 e. The van der Waals surface area contributed by atoms with E-state index in [4.69, 9.17) is 4.74 Å². The zero-order chi connectivity index (χ0) is 16.7. The van der Waals surface area contributed by atoms with Crippen LogP contribution in [-0.2, 0) is 11.2 Å². The van der Waals surface area contributed by atoms with Gasteiger partial charge in [-0.15, -0.1) is 0 Å². The molecular formula is C20H25NO2. The van der Waals surface area contributed by atoms with Crippen LogP contribution in [0.1, 0.15) is 44.2 Å². The number of nitrogens with one attached hydrogen (secondary N) is 1. The second-order valence-corrected chi connectivity index (χ2v) is 5.90. The fourth-order valence-electron chi connectivity index (χ4n) is 2.35. The van der Waals surface area contributed by atoms with Crippen LogP contribution in [-0.4, -0.2) is 12.5 Å². The predicted octanol–water partition coefficient (Wildman–Crippen LogP) is 4.78. The second kappa shape index (κ2) is 8.37. The Balaban J connectivity index is 1.82. The average Bonchev–Trinajstić information content (AvgIpc) is 2.55. The SMILES string of the molecule is CCOc1ccc(NC(=O)CCc2ccc(C(C)C)cc2)cc1. The van der Waals surface area contributed by atoms with Gasteiger partial charge in [-0.1, -0.05) is 38.1 Å². The van der Waals surface area contributed by atoms with Crippen molar-refractivity contribution >= 4 is 11.6 Å². The first kappa shape index (κ1) is 17.1. The van der Waals surface area contributed by atoms with E-state index < -0.39 is 0 Å². The van der Waals surface area contributed by atoms with Crippen LogP contribution in [0, 0.1) is 0 Å². The van der Waals surface area contributed by atoms with E-state index in [0.29, 0.717) is 18.9 Å². The van der Waals surface area contributed by atoms with Gasteiger partial charge in [0.05, 0.1) is 6.61 Å². The van der Waals surface area contributed by atoms with Crippen LogP contribution >= 0.6 is 0 Å². The normalized spacial score (nSPS) is 10.6. The lowest BCUT2D eigenvalue weighted by atomic mass is 10.0. The van der Waals surface area contributed by atoms with Crippen molar-refractivity contribution in [1.29, 1.82) is 0 Å². The van der Waals surface area contributed by atoms with Gasteiger partial charge >= 0.3 is 0 Å². The summed E-state index contributed by atoms with van der Waals surface area (Å²) in [7, 11) is 0. The van der Waals surface area contributed by atoms with E-state index in [1.165, 1.54) is 11.1 Å². The molecule has 0 saturated carbocycles. The molecule has 0 heterocycles. The molecule has 0 unspecified atom stereocenters. The second-order valence-electron chi connectivity index (χ2n) is 5.90. The fraction of sp³-hybridized carbons (Fsp3) is 0.350. The number of aryl methyl sites for hydroxylation is 1. The summed E-state index contributed by atoms with van der Waals surface area (Å²) in [5.41, 5.74) is 3.32. The van der Waals surface area contributed by atoms with Crippen LogP contribution in [0.5, 0.6) is 5.75 Å². The predicted molar refractivity (Wildman–Crippen MR) is 95.1 cm³/mol. The summed E-state index contributed by atoms with van der Waals surface area (Å²) in [6.45, 7) is 6.95. The first-order chi connectivity index (χ1) is 11.1. The number of carbonyl (C=O) groups is 1. The summed E-state index contributed by atoms with van der Waals surface area (Å²) in [5, 5.41) is 2.92. The smallest absolute Gasteiger partial charge is 0.224 e. The Morgan fingerprint density at radius 1 is 1.04 bits per heavy atom. The first-order valence-corrected chi connectivity index (χ1v) is 8.20. The molecule has 2 aromatic carbocycles. The van der Waals surface area contributed by atoms with Crippen molar-refractivity contribution in [3.05, 3.63) is 59.7 Å². The molecule has 0 aromatic heterocycles. The molecule has 0 aliphatic heterocycles. The number of ether oxygens (including phenoxy) is 1. The van der Waals surface area contributed by atoms with Gasteiger partial charge in [-0.2, -0.15) is 0 Å². The topological polar surface area (TPSA) is 38.3 Å². The standard InChI is InChI=1S/C20H25NO2/c1-4-23-19-12-10-18(11-13-19)21-20(22)14-7-16-5-8-17(9-6-16)15(2)3/h5-6,8-13,15H,4,7,14H2,1-3H3,(H,21,22). The Morgan fingerprint density at radius 3 is 2.26 bits per heavy atom. The van der Waals surface area contributed by atoms with Gasteiger partial charge in [0.25, 0.3) is 0 Å². The zero-order valence-corrected chi connectivity index (χ0v) is 14.1. The van der Waals surface area contributed by atoms with Gasteiger partial charge < -0.3 is 10.1 Å². The highest BCUT2D eigenvalue weighted by molar-refractivity contribution is 5.90. The van der Waals surface area contributed by atoms with E-state index in [9.17, 15) is 4.79 Å². The van der Waals surface area contributed by atoms with E-state index in [1.54, 1.807) is 0 Å². The lowest BCUT2D eigenvalue weighted by molar-refractivity contribution is -0.116. The van der Waals surface area contributed by atoms with Gasteiger partial charge in [0.15, 0.2) is 0 Å². The molecule has 0 saturated heterocycles. The Bertz CT molecular complexity index is 615. The zero-order valence-electron chi connectivity index (χ0n) is 14.1. The summed E-state index contributed by atoms with van der Waals surface area (Å²) in [4.78, 5) is 12.0. The lowest BCUT2D eigenvalue weighted by Gasteiger charge is -2.08. The quantitative estimate of drug-likeness (QED) is 0.799. The number of hydrogen-bond donors (Lipinski definition) is 1. The van der Waals surface area contributed by atoms with Gasteiger partial charge in [0.2, 0.25) is 5.91 Å². The molecule has 0 aliphatic rings. The number of benzene rings is 2. The van der Waals surface area contributed by atoms with Gasteiger partial charge in [0.1, 0.15) is 5.75 Å². The Morgan fingerprint density at radius 2 is 1.70 bits per heavy atom. The molecule has 3 heteroatoms. The summed E-state index contributed by atoms with van der Waals surface area (Å²) in [5.74, 6) is 1.38. The summed E-state index contributed by atoms with van der Waals surface area (Å²) >= 11 is 0. The Hall–Kier alpha value is -2.29. The molecule has 0 bridgehead atoms.